The van der Waals surface area contributed by atoms with Crippen molar-refractivity contribution in [1.29, 1.82) is 0 Å². The number of hydrogen-bond acceptors (Lipinski definition) is 4. The van der Waals surface area contributed by atoms with Crippen LogP contribution in [0.4, 0.5) is 11.4 Å². The molecule has 6 nitrogen and oxygen atoms in total. The second kappa shape index (κ2) is 9.38. The minimum atomic E-state index is -3.68. The lowest BCUT2D eigenvalue weighted by atomic mass is 10.1. The fraction of sp³-hybridized carbons (Fsp3) is 0.0476. The molecule has 3 aromatic rings. The molecule has 0 unspecified atom stereocenters. The first-order valence-electron chi connectivity index (χ1n) is 8.85. The predicted octanol–water partition coefficient (Wildman–Crippen LogP) is 4.72. The van der Waals surface area contributed by atoms with Gasteiger partial charge in [0, 0.05) is 10.2 Å². The van der Waals surface area contributed by atoms with Gasteiger partial charge in [0.2, 0.25) is 0 Å². The van der Waals surface area contributed by atoms with Crippen molar-refractivity contribution in [3.8, 4) is 0 Å². The number of rotatable bonds is 6. The molecular weight excluding hydrogens is 484 g/mol. The summed E-state index contributed by atoms with van der Waals surface area (Å²) in [7, 11) is -3.68. The lowest BCUT2D eigenvalue weighted by Gasteiger charge is -2.18. The number of nitrogens with one attached hydrogen (secondary N) is 1. The van der Waals surface area contributed by atoms with Crippen LogP contribution in [0.5, 0.6) is 0 Å². The van der Waals surface area contributed by atoms with Crippen LogP contribution < -0.4 is 15.5 Å². The average Bonchev–Trinajstić information content (AvgIpc) is 2.73. The fourth-order valence-electron chi connectivity index (χ4n) is 2.62. The van der Waals surface area contributed by atoms with Crippen molar-refractivity contribution in [2.75, 3.05) is 9.73 Å². The van der Waals surface area contributed by atoms with E-state index in [0.717, 1.165) is 15.7 Å². The Hall–Kier alpha value is -2.75. The zero-order chi connectivity index (χ0) is 21.7. The summed E-state index contributed by atoms with van der Waals surface area (Å²) < 4.78 is 28.6. The molecule has 0 atom stereocenters. The number of nitrogens with zero attached hydrogens (tertiary/aromatic N) is 2. The molecule has 0 saturated heterocycles. The molecule has 0 spiro atoms. The Kier molecular flexibility index (Phi) is 6.86. The van der Waals surface area contributed by atoms with E-state index in [9.17, 15) is 8.42 Å². The Morgan fingerprint density at radius 3 is 2.17 bits per heavy atom. The highest BCUT2D eigenvalue weighted by molar-refractivity contribution is 9.10. The Bertz CT molecular complexity index is 1160. The topological polar surface area (TPSA) is 87.8 Å². The van der Waals surface area contributed by atoms with Crippen LogP contribution in [-0.4, -0.2) is 19.2 Å². The van der Waals surface area contributed by atoms with Gasteiger partial charge in [0.25, 0.3) is 10.0 Å². The standard InChI is InChI=1S/C21H19BrN4O2S2/c1-15(24-26(21(23)29)19-11-9-17(22)10-12-19)16-7-13-20(14-8-16)30(27,28)25-18-5-3-2-4-6-18/h2-14,25H,1H3,(H2,23,29)/b24-15+. The Labute approximate surface area is 189 Å². The highest BCUT2D eigenvalue weighted by Crippen LogP contribution is 2.20. The Morgan fingerprint density at radius 2 is 1.60 bits per heavy atom. The molecule has 0 amide bonds. The van der Waals surface area contributed by atoms with Crippen molar-refractivity contribution >= 4 is 60.4 Å². The van der Waals surface area contributed by atoms with E-state index in [4.69, 9.17) is 18.0 Å². The number of sulfonamides is 1. The average molecular weight is 503 g/mol. The highest BCUT2D eigenvalue weighted by atomic mass is 79.9. The van der Waals surface area contributed by atoms with E-state index in [1.165, 1.54) is 17.1 Å². The molecule has 0 heterocycles. The van der Waals surface area contributed by atoms with Crippen molar-refractivity contribution in [3.63, 3.8) is 0 Å². The van der Waals surface area contributed by atoms with Gasteiger partial charge < -0.3 is 5.73 Å². The minimum Gasteiger partial charge on any atom is -0.374 e. The SMILES string of the molecule is C/C(=N\N(C(N)=S)c1ccc(Br)cc1)c1ccc(S(=O)(=O)Nc2ccccc2)cc1. The number of hydrazone groups is 1. The maximum Gasteiger partial charge on any atom is 0.261 e. The van der Waals surface area contributed by atoms with Crippen molar-refractivity contribution in [1.82, 2.24) is 0 Å². The van der Waals surface area contributed by atoms with Crippen LogP contribution >= 0.6 is 28.1 Å². The van der Waals surface area contributed by atoms with Gasteiger partial charge in [0.15, 0.2) is 5.11 Å². The molecule has 0 bridgehead atoms. The molecule has 3 N–H and O–H groups in total. The summed E-state index contributed by atoms with van der Waals surface area (Å²) in [5.41, 5.74) is 8.43. The summed E-state index contributed by atoms with van der Waals surface area (Å²) in [6, 6.07) is 22.6. The van der Waals surface area contributed by atoms with Gasteiger partial charge in [-0.05, 0) is 73.2 Å². The van der Waals surface area contributed by atoms with Crippen LogP contribution in [-0.2, 0) is 10.0 Å². The van der Waals surface area contributed by atoms with Crippen molar-refractivity contribution in [2.24, 2.45) is 10.8 Å². The molecule has 9 heteroatoms. The first-order chi connectivity index (χ1) is 14.3. The maximum absolute atomic E-state index is 12.6. The number of thiocarbonyl (C=S) groups is 1. The summed E-state index contributed by atoms with van der Waals surface area (Å²) in [4.78, 5) is 0.155. The lowest BCUT2D eigenvalue weighted by molar-refractivity contribution is 0.601. The molecule has 154 valence electrons. The van der Waals surface area contributed by atoms with Crippen LogP contribution in [0, 0.1) is 0 Å². The number of anilines is 2. The Morgan fingerprint density at radius 1 is 1.00 bits per heavy atom. The van der Waals surface area contributed by atoms with Gasteiger partial charge in [-0.1, -0.05) is 46.3 Å². The second-order valence-electron chi connectivity index (χ2n) is 6.31. The zero-order valence-electron chi connectivity index (χ0n) is 16.0. The van der Waals surface area contributed by atoms with Gasteiger partial charge in [-0.3, -0.25) is 4.72 Å². The highest BCUT2D eigenvalue weighted by Gasteiger charge is 2.15. The van der Waals surface area contributed by atoms with E-state index in [1.54, 1.807) is 43.3 Å². The van der Waals surface area contributed by atoms with Crippen LogP contribution in [0.1, 0.15) is 12.5 Å². The maximum atomic E-state index is 12.6. The van der Waals surface area contributed by atoms with Crippen LogP contribution in [0.2, 0.25) is 0 Å². The summed E-state index contributed by atoms with van der Waals surface area (Å²) in [5, 5.41) is 6.07. The van der Waals surface area contributed by atoms with Crippen molar-refractivity contribution in [2.45, 2.75) is 11.8 Å². The van der Waals surface area contributed by atoms with Gasteiger partial charge in [-0.25, -0.2) is 13.4 Å². The largest absolute Gasteiger partial charge is 0.374 e. The quantitative estimate of drug-likeness (QED) is 0.289. The fourth-order valence-corrected chi connectivity index (χ4v) is 4.09. The van der Waals surface area contributed by atoms with Gasteiger partial charge in [0.05, 0.1) is 16.3 Å². The monoisotopic (exact) mass is 502 g/mol. The third kappa shape index (κ3) is 5.44. The predicted molar refractivity (Wildman–Crippen MR) is 129 cm³/mol. The van der Waals surface area contributed by atoms with E-state index in [2.05, 4.69) is 25.8 Å². The van der Waals surface area contributed by atoms with Crippen LogP contribution in [0.3, 0.4) is 0 Å². The molecule has 0 saturated carbocycles. The summed E-state index contributed by atoms with van der Waals surface area (Å²) in [6.45, 7) is 1.80. The first-order valence-corrected chi connectivity index (χ1v) is 11.5. The van der Waals surface area contributed by atoms with Crippen molar-refractivity contribution in [3.05, 3.63) is 88.9 Å². The van der Waals surface area contributed by atoms with E-state index >= 15 is 0 Å². The van der Waals surface area contributed by atoms with E-state index in [0.29, 0.717) is 11.4 Å². The minimum absolute atomic E-state index is 0.0999. The zero-order valence-corrected chi connectivity index (χ0v) is 19.2. The summed E-state index contributed by atoms with van der Waals surface area (Å²) in [6.07, 6.45) is 0. The molecule has 0 radical (unpaired) electrons. The molecular formula is C21H19BrN4O2S2. The number of hydrogen-bond donors (Lipinski definition) is 2. The molecule has 3 rings (SSSR count). The molecule has 3 aromatic carbocycles. The summed E-state index contributed by atoms with van der Waals surface area (Å²) in [5.74, 6) is 0. The first kappa shape index (κ1) is 21.9. The molecule has 0 aliphatic heterocycles. The molecule has 0 aromatic heterocycles. The van der Waals surface area contributed by atoms with E-state index in [1.807, 2.05) is 30.3 Å². The van der Waals surface area contributed by atoms with Gasteiger partial charge in [0.1, 0.15) is 0 Å². The molecule has 0 aliphatic rings. The molecule has 0 aliphatic carbocycles. The second-order valence-corrected chi connectivity index (χ2v) is 9.32. The molecule has 0 fully saturated rings. The third-order valence-electron chi connectivity index (χ3n) is 4.14. The number of halogens is 1. The smallest absolute Gasteiger partial charge is 0.261 e. The van der Waals surface area contributed by atoms with Crippen LogP contribution in [0.25, 0.3) is 0 Å². The van der Waals surface area contributed by atoms with Crippen LogP contribution in [0.15, 0.2) is 93.3 Å². The Balaban J connectivity index is 1.83. The van der Waals surface area contributed by atoms with Crippen molar-refractivity contribution < 1.29 is 8.42 Å². The molecule has 30 heavy (non-hydrogen) atoms. The van der Waals surface area contributed by atoms with Gasteiger partial charge >= 0.3 is 0 Å². The summed E-state index contributed by atoms with van der Waals surface area (Å²) >= 11 is 8.52. The number of benzene rings is 3. The number of para-hydroxylation sites is 1. The van der Waals surface area contributed by atoms with Gasteiger partial charge in [-0.2, -0.15) is 5.10 Å². The van der Waals surface area contributed by atoms with E-state index in [-0.39, 0.29) is 10.0 Å². The normalized spacial score (nSPS) is 11.7. The third-order valence-corrected chi connectivity index (χ3v) is 6.24. The van der Waals surface area contributed by atoms with Gasteiger partial charge in [-0.15, -0.1) is 0 Å². The lowest BCUT2D eigenvalue weighted by Crippen LogP contribution is -2.31. The number of nitrogens with two attached hydrogens (primary N) is 1. The van der Waals surface area contributed by atoms with E-state index < -0.39 is 10.0 Å².